The van der Waals surface area contributed by atoms with Gasteiger partial charge in [-0.3, -0.25) is 25.0 Å². The van der Waals surface area contributed by atoms with Gasteiger partial charge in [0.25, 0.3) is 11.4 Å². The van der Waals surface area contributed by atoms with Gasteiger partial charge in [0.1, 0.15) is 25.1 Å². The highest BCUT2D eigenvalue weighted by atomic mass is 32.1. The summed E-state index contributed by atoms with van der Waals surface area (Å²) in [5.74, 6) is 0.126. The maximum absolute atomic E-state index is 13.4. The lowest BCUT2D eigenvalue weighted by Gasteiger charge is -2.28. The lowest BCUT2D eigenvalue weighted by atomic mass is 10.2. The highest BCUT2D eigenvalue weighted by Gasteiger charge is 2.40. The van der Waals surface area contributed by atoms with E-state index in [0.29, 0.717) is 42.9 Å². The normalized spacial score (nSPS) is 20.0. The molecule has 43 heavy (non-hydrogen) atoms. The zero-order chi connectivity index (χ0) is 31.1. The molecule has 0 radical (unpaired) electrons. The first-order valence-corrected chi connectivity index (χ1v) is 13.9. The fourth-order valence-corrected chi connectivity index (χ4v) is 5.23. The number of thiol groups is 1. The molecule has 4 rings (SSSR count). The molecule has 0 spiro atoms. The summed E-state index contributed by atoms with van der Waals surface area (Å²) in [4.78, 5) is 66.0. The molecule has 2 aromatic rings. The molecule has 0 unspecified atom stereocenters. The zero-order valence-corrected chi connectivity index (χ0v) is 24.1. The Labute approximate surface area is 251 Å². The number of nitro benzene ring substituents is 2. The molecule has 15 nitrogen and oxygen atoms in total. The number of aliphatic imine (C=N–C) groups is 1. The van der Waals surface area contributed by atoms with Crippen LogP contribution in [0.4, 0.5) is 21.0 Å². The van der Waals surface area contributed by atoms with Gasteiger partial charge in [0, 0.05) is 49.1 Å². The van der Waals surface area contributed by atoms with Crippen molar-refractivity contribution in [2.75, 3.05) is 19.6 Å². The molecule has 2 aromatic carbocycles. The molecule has 0 bridgehead atoms. The Morgan fingerprint density at radius 1 is 0.953 bits per heavy atom. The van der Waals surface area contributed by atoms with Gasteiger partial charge in [-0.25, -0.2) is 9.59 Å². The summed E-state index contributed by atoms with van der Waals surface area (Å²) >= 11 is 4.54. The second kappa shape index (κ2) is 14.0. The fraction of sp³-hybridized carbons (Fsp3) is 0.407. The number of benzene rings is 2. The second-order valence-electron chi connectivity index (χ2n) is 10.1. The number of likely N-dealkylation sites (tertiary alicyclic amines) is 2. The molecular weight excluding hydrogens is 584 g/mol. The van der Waals surface area contributed by atoms with Gasteiger partial charge in [0.2, 0.25) is 5.91 Å². The number of amidine groups is 1. The van der Waals surface area contributed by atoms with Gasteiger partial charge in [-0.15, -0.1) is 0 Å². The van der Waals surface area contributed by atoms with Crippen LogP contribution in [0.5, 0.6) is 0 Å². The van der Waals surface area contributed by atoms with Gasteiger partial charge in [-0.2, -0.15) is 17.6 Å². The molecule has 2 aliphatic rings. The quantitative estimate of drug-likeness (QED) is 0.147. The van der Waals surface area contributed by atoms with Crippen molar-refractivity contribution in [3.8, 4) is 0 Å². The Bertz CT molecular complexity index is 1400. The number of non-ortho nitro benzene ring substituents is 2. The van der Waals surface area contributed by atoms with Crippen molar-refractivity contribution in [2.24, 2.45) is 4.99 Å². The van der Waals surface area contributed by atoms with E-state index >= 15 is 0 Å². The summed E-state index contributed by atoms with van der Waals surface area (Å²) in [6.07, 6.45) is -0.552. The number of amides is 3. The number of nitro groups is 2. The monoisotopic (exact) mass is 614 g/mol. The van der Waals surface area contributed by atoms with Crippen LogP contribution in [-0.4, -0.2) is 80.5 Å². The fourth-order valence-electron chi connectivity index (χ4n) is 4.85. The SMILES string of the molecule is CC(=NC(=O)OCc1ccc([N+](=O)[O-])cc1)N1C[C@@H](S)C[C@H]1C(=O)N1CC[C@H](NC(=O)OCc2ccc([N+](=O)[O-])cc2)C1. The third-order valence-corrected chi connectivity index (χ3v) is 7.46. The average Bonchev–Trinajstić information content (AvgIpc) is 3.61. The Morgan fingerprint density at radius 3 is 2.07 bits per heavy atom. The van der Waals surface area contributed by atoms with Crippen molar-refractivity contribution in [2.45, 2.75) is 50.3 Å². The van der Waals surface area contributed by atoms with Crippen LogP contribution in [0, 0.1) is 20.2 Å². The summed E-state index contributed by atoms with van der Waals surface area (Å²) in [5, 5.41) is 24.2. The van der Waals surface area contributed by atoms with E-state index in [9.17, 15) is 34.6 Å². The number of rotatable bonds is 8. The highest BCUT2D eigenvalue weighted by Crippen LogP contribution is 2.26. The van der Waals surface area contributed by atoms with Crippen LogP contribution < -0.4 is 5.32 Å². The van der Waals surface area contributed by atoms with Gasteiger partial charge in [-0.05, 0) is 55.2 Å². The number of nitrogens with zero attached hydrogens (tertiary/aromatic N) is 5. The summed E-state index contributed by atoms with van der Waals surface area (Å²) < 4.78 is 10.4. The highest BCUT2D eigenvalue weighted by molar-refractivity contribution is 7.81. The zero-order valence-electron chi connectivity index (χ0n) is 23.2. The molecule has 16 heteroatoms. The number of carbonyl (C=O) groups is 3. The van der Waals surface area contributed by atoms with E-state index in [1.54, 1.807) is 16.7 Å². The van der Waals surface area contributed by atoms with Crippen molar-refractivity contribution in [1.82, 2.24) is 15.1 Å². The van der Waals surface area contributed by atoms with Crippen molar-refractivity contribution in [3.05, 3.63) is 79.9 Å². The first kappa shape index (κ1) is 31.2. The first-order valence-electron chi connectivity index (χ1n) is 13.4. The van der Waals surface area contributed by atoms with Crippen molar-refractivity contribution in [1.29, 1.82) is 0 Å². The lowest BCUT2D eigenvalue weighted by Crippen LogP contribution is -2.47. The van der Waals surface area contributed by atoms with Crippen LogP contribution in [-0.2, 0) is 27.5 Å². The van der Waals surface area contributed by atoms with Crippen molar-refractivity contribution < 1.29 is 33.7 Å². The smallest absolute Gasteiger partial charge is 0.435 e. The van der Waals surface area contributed by atoms with Crippen LogP contribution in [0.2, 0.25) is 0 Å². The van der Waals surface area contributed by atoms with Gasteiger partial charge < -0.3 is 24.6 Å². The largest absolute Gasteiger partial charge is 0.445 e. The standard InChI is InChI=1S/C27H30N6O9S/c1-17(28-26(35)41-15-18-2-6-21(7-3-18)32(37)38)31-14-23(43)12-24(31)25(34)30-11-10-20(13-30)29-27(36)42-16-19-4-8-22(9-5-19)33(39)40/h2-9,20,23-24,43H,10-16H2,1H3,(H,29,36)/t20-,23-,24-/m0/s1. The number of carbonyl (C=O) groups excluding carboxylic acids is 3. The van der Waals surface area contributed by atoms with Crippen LogP contribution >= 0.6 is 12.6 Å². The minimum Gasteiger partial charge on any atom is -0.445 e. The predicted octanol–water partition coefficient (Wildman–Crippen LogP) is 3.46. The summed E-state index contributed by atoms with van der Waals surface area (Å²) in [5.41, 5.74) is 1.02. The number of alkyl carbamates (subject to hydrolysis) is 1. The average molecular weight is 615 g/mol. The Morgan fingerprint density at radius 2 is 1.51 bits per heavy atom. The molecule has 228 valence electrons. The maximum atomic E-state index is 13.4. The predicted molar refractivity (Wildman–Crippen MR) is 156 cm³/mol. The maximum Gasteiger partial charge on any atom is 0.435 e. The lowest BCUT2D eigenvalue weighted by molar-refractivity contribution is -0.385. The van der Waals surface area contributed by atoms with E-state index in [1.807, 2.05) is 0 Å². The van der Waals surface area contributed by atoms with Crippen molar-refractivity contribution >= 4 is 47.9 Å². The van der Waals surface area contributed by atoms with Gasteiger partial charge in [0.15, 0.2) is 0 Å². The molecule has 1 N–H and O–H groups in total. The Balaban J connectivity index is 1.26. The van der Waals surface area contributed by atoms with Gasteiger partial charge >= 0.3 is 12.2 Å². The van der Waals surface area contributed by atoms with E-state index in [-0.39, 0.29) is 48.3 Å². The summed E-state index contributed by atoms with van der Waals surface area (Å²) in [6, 6.07) is 10.4. The minimum absolute atomic E-state index is 0.0601. The molecule has 2 saturated heterocycles. The number of hydrogen-bond acceptors (Lipinski definition) is 10. The third-order valence-electron chi connectivity index (χ3n) is 7.08. The molecule has 0 aliphatic carbocycles. The molecule has 2 aliphatic heterocycles. The Hall–Kier alpha value is -4.73. The first-order chi connectivity index (χ1) is 20.5. The van der Waals surface area contributed by atoms with Crippen LogP contribution in [0.15, 0.2) is 53.5 Å². The summed E-state index contributed by atoms with van der Waals surface area (Å²) in [6.45, 7) is 2.52. The summed E-state index contributed by atoms with van der Waals surface area (Å²) in [7, 11) is 0. The number of hydrogen-bond donors (Lipinski definition) is 2. The van der Waals surface area contributed by atoms with E-state index in [2.05, 4.69) is 22.9 Å². The number of ether oxygens (including phenoxy) is 2. The van der Waals surface area contributed by atoms with E-state index in [0.717, 1.165) is 0 Å². The molecule has 3 atom stereocenters. The Kier molecular flexibility index (Phi) is 10.1. The van der Waals surface area contributed by atoms with Crippen LogP contribution in [0.3, 0.4) is 0 Å². The van der Waals surface area contributed by atoms with E-state index in [1.165, 1.54) is 48.5 Å². The van der Waals surface area contributed by atoms with Crippen LogP contribution in [0.25, 0.3) is 0 Å². The van der Waals surface area contributed by atoms with Gasteiger partial charge in [0.05, 0.1) is 15.9 Å². The molecule has 0 aromatic heterocycles. The molecular formula is C27H30N6O9S. The number of nitrogens with one attached hydrogen (secondary N) is 1. The molecule has 0 saturated carbocycles. The molecule has 3 amide bonds. The van der Waals surface area contributed by atoms with E-state index in [4.69, 9.17) is 9.47 Å². The molecule has 2 heterocycles. The third kappa shape index (κ3) is 8.41. The topological polar surface area (TPSA) is 187 Å². The van der Waals surface area contributed by atoms with Gasteiger partial charge in [-0.1, -0.05) is 0 Å². The van der Waals surface area contributed by atoms with Crippen molar-refractivity contribution in [3.63, 3.8) is 0 Å². The minimum atomic E-state index is -0.859. The molecule has 2 fully saturated rings. The van der Waals surface area contributed by atoms with Crippen LogP contribution in [0.1, 0.15) is 30.9 Å². The van der Waals surface area contributed by atoms with E-state index < -0.39 is 28.1 Å². The second-order valence-corrected chi connectivity index (χ2v) is 10.8.